The van der Waals surface area contributed by atoms with E-state index in [-0.39, 0.29) is 0 Å². The topological polar surface area (TPSA) is 16.4 Å². The summed E-state index contributed by atoms with van der Waals surface area (Å²) in [5.74, 6) is 0. The highest BCUT2D eigenvalue weighted by molar-refractivity contribution is 6.26. The van der Waals surface area contributed by atoms with E-state index in [0.717, 1.165) is 50.1 Å². The van der Waals surface area contributed by atoms with Crippen molar-refractivity contribution in [1.29, 1.82) is 0 Å². The molecule has 11 aromatic rings. The van der Waals surface area contributed by atoms with E-state index in [2.05, 4.69) is 181 Å². The van der Waals surface area contributed by atoms with Crippen LogP contribution in [0, 0.1) is 0 Å². The number of benzene rings is 10. The smallest absolute Gasteiger partial charge is 0.135 e. The third-order valence-corrected chi connectivity index (χ3v) is 10.8. The highest BCUT2D eigenvalue weighted by Crippen LogP contribution is 2.45. The molecule has 0 N–H and O–H groups in total. The fourth-order valence-electron chi connectivity index (χ4n) is 8.40. The highest BCUT2D eigenvalue weighted by Gasteiger charge is 2.19. The van der Waals surface area contributed by atoms with E-state index in [4.69, 9.17) is 4.42 Å². The van der Waals surface area contributed by atoms with Crippen LogP contribution in [0.1, 0.15) is 0 Å². The molecule has 242 valence electrons. The Labute approximate surface area is 300 Å². The van der Waals surface area contributed by atoms with Crippen LogP contribution in [0.2, 0.25) is 0 Å². The first-order valence-corrected chi connectivity index (χ1v) is 17.8. The van der Waals surface area contributed by atoms with E-state index in [1.807, 2.05) is 12.1 Å². The van der Waals surface area contributed by atoms with Crippen molar-refractivity contribution in [1.82, 2.24) is 0 Å². The third kappa shape index (κ3) is 4.38. The van der Waals surface area contributed by atoms with Crippen molar-refractivity contribution in [2.75, 3.05) is 4.90 Å². The second kappa shape index (κ2) is 11.3. The monoisotopic (exact) mass is 661 g/mol. The fourth-order valence-corrected chi connectivity index (χ4v) is 8.40. The maximum Gasteiger partial charge on any atom is 0.135 e. The van der Waals surface area contributed by atoms with Crippen LogP contribution >= 0.6 is 0 Å². The Hall–Kier alpha value is -6.90. The lowest BCUT2D eigenvalue weighted by atomic mass is 9.93. The van der Waals surface area contributed by atoms with Gasteiger partial charge >= 0.3 is 0 Å². The summed E-state index contributed by atoms with van der Waals surface area (Å²) < 4.78 is 6.13. The lowest BCUT2D eigenvalue weighted by Crippen LogP contribution is -2.10. The Kier molecular flexibility index (Phi) is 6.28. The summed E-state index contributed by atoms with van der Waals surface area (Å²) in [4.78, 5) is 2.44. The molecule has 0 radical (unpaired) electrons. The first-order valence-electron chi connectivity index (χ1n) is 17.8. The molecule has 0 aliphatic carbocycles. The lowest BCUT2D eigenvalue weighted by molar-refractivity contribution is 0.669. The lowest BCUT2D eigenvalue weighted by Gasteiger charge is -2.28. The van der Waals surface area contributed by atoms with Gasteiger partial charge in [0.2, 0.25) is 0 Å². The van der Waals surface area contributed by atoms with Gasteiger partial charge in [0.05, 0.1) is 5.69 Å². The van der Waals surface area contributed by atoms with Gasteiger partial charge in [-0.15, -0.1) is 0 Å². The Bertz CT molecular complexity index is 3150. The number of nitrogens with zero attached hydrogens (tertiary/aromatic N) is 1. The number of anilines is 3. The molecule has 1 aromatic heterocycles. The normalized spacial score (nSPS) is 11.8. The molecule has 2 heteroatoms. The van der Waals surface area contributed by atoms with E-state index >= 15 is 0 Å². The van der Waals surface area contributed by atoms with E-state index in [1.165, 1.54) is 53.9 Å². The molecule has 0 aliphatic rings. The van der Waals surface area contributed by atoms with Gasteiger partial charge in [0.25, 0.3) is 0 Å². The maximum absolute atomic E-state index is 6.13. The Balaban J connectivity index is 1.14. The number of para-hydroxylation sites is 1. The molecule has 0 unspecified atom stereocenters. The minimum atomic E-state index is 0.910. The van der Waals surface area contributed by atoms with Crippen molar-refractivity contribution in [2.45, 2.75) is 0 Å². The molecule has 11 rings (SSSR count). The third-order valence-electron chi connectivity index (χ3n) is 10.8. The van der Waals surface area contributed by atoms with Crippen LogP contribution in [0.3, 0.4) is 0 Å². The zero-order chi connectivity index (χ0) is 34.2. The molecule has 52 heavy (non-hydrogen) atoms. The van der Waals surface area contributed by atoms with Crippen molar-refractivity contribution in [3.63, 3.8) is 0 Å². The van der Waals surface area contributed by atoms with Crippen molar-refractivity contribution >= 4 is 92.9 Å². The summed E-state index contributed by atoms with van der Waals surface area (Å²) in [5.41, 5.74) is 7.52. The summed E-state index contributed by atoms with van der Waals surface area (Å²) in [6, 6.07) is 68.2. The van der Waals surface area contributed by atoms with Crippen LogP contribution < -0.4 is 4.90 Å². The molecule has 0 amide bonds. The van der Waals surface area contributed by atoms with Crippen LogP contribution in [0.25, 0.3) is 86.9 Å². The molecule has 0 atom stereocenters. The van der Waals surface area contributed by atoms with Gasteiger partial charge in [-0.2, -0.15) is 0 Å². The van der Waals surface area contributed by atoms with Crippen LogP contribution in [0.4, 0.5) is 17.1 Å². The maximum atomic E-state index is 6.13. The SMILES string of the molecule is c1ccc2c(c1)ccc1cccc(N(c3ccc(-c4ccc5oc6ccccc6c5c4)cc3)c3ccc4c5ccccc5c5ccccc5c4c3)c12. The summed E-state index contributed by atoms with van der Waals surface area (Å²) in [6.45, 7) is 0. The van der Waals surface area contributed by atoms with Crippen molar-refractivity contribution in [3.8, 4) is 11.1 Å². The first-order chi connectivity index (χ1) is 25.8. The molecular formula is C50H31NO. The van der Waals surface area contributed by atoms with E-state index in [1.54, 1.807) is 0 Å². The van der Waals surface area contributed by atoms with Gasteiger partial charge in [0, 0.05) is 27.5 Å². The molecule has 1 heterocycles. The van der Waals surface area contributed by atoms with E-state index in [0.29, 0.717) is 0 Å². The molecule has 0 saturated carbocycles. The molecule has 2 nitrogen and oxygen atoms in total. The molecule has 0 fully saturated rings. The van der Waals surface area contributed by atoms with Crippen molar-refractivity contribution in [2.24, 2.45) is 0 Å². The van der Waals surface area contributed by atoms with Crippen molar-refractivity contribution < 1.29 is 4.42 Å². The van der Waals surface area contributed by atoms with Gasteiger partial charge in [-0.05, 0) is 108 Å². The largest absolute Gasteiger partial charge is 0.456 e. The van der Waals surface area contributed by atoms with Crippen LogP contribution in [-0.2, 0) is 0 Å². The number of hydrogen-bond acceptors (Lipinski definition) is 2. The minimum absolute atomic E-state index is 0.910. The Morgan fingerprint density at radius 3 is 1.63 bits per heavy atom. The number of hydrogen-bond donors (Lipinski definition) is 0. The Morgan fingerprint density at radius 2 is 0.865 bits per heavy atom. The molecule has 0 spiro atoms. The van der Waals surface area contributed by atoms with Gasteiger partial charge < -0.3 is 9.32 Å². The first kappa shape index (κ1) is 28.9. The van der Waals surface area contributed by atoms with Gasteiger partial charge in [0.1, 0.15) is 11.2 Å². The summed E-state index contributed by atoms with van der Waals surface area (Å²) in [6.07, 6.45) is 0. The molecular weight excluding hydrogens is 631 g/mol. The van der Waals surface area contributed by atoms with Crippen LogP contribution in [0.5, 0.6) is 0 Å². The zero-order valence-corrected chi connectivity index (χ0v) is 28.3. The molecule has 0 aliphatic heterocycles. The average Bonchev–Trinajstić information content (AvgIpc) is 3.59. The molecule has 0 bridgehead atoms. The van der Waals surface area contributed by atoms with E-state index < -0.39 is 0 Å². The van der Waals surface area contributed by atoms with Gasteiger partial charge in [-0.3, -0.25) is 0 Å². The van der Waals surface area contributed by atoms with Gasteiger partial charge in [0.15, 0.2) is 0 Å². The molecule has 0 saturated heterocycles. The van der Waals surface area contributed by atoms with E-state index in [9.17, 15) is 0 Å². The summed E-state index contributed by atoms with van der Waals surface area (Å²) in [5, 5.41) is 14.8. The summed E-state index contributed by atoms with van der Waals surface area (Å²) >= 11 is 0. The predicted octanol–water partition coefficient (Wildman–Crippen LogP) is 14.5. The second-order valence-electron chi connectivity index (χ2n) is 13.7. The second-order valence-corrected chi connectivity index (χ2v) is 13.7. The minimum Gasteiger partial charge on any atom is -0.456 e. The Morgan fingerprint density at radius 1 is 0.308 bits per heavy atom. The number of fused-ring (bicyclic) bond motifs is 12. The van der Waals surface area contributed by atoms with Crippen LogP contribution in [-0.4, -0.2) is 0 Å². The summed E-state index contributed by atoms with van der Waals surface area (Å²) in [7, 11) is 0. The zero-order valence-electron chi connectivity index (χ0n) is 28.3. The highest BCUT2D eigenvalue weighted by atomic mass is 16.3. The standard InChI is InChI=1S/C50H31NO/c1-2-12-38-33(10-1)20-21-34-11-9-18-47(50(34)38)51(37-27-28-43-41-15-4-3-13-39(41)40-14-5-6-16-42(40)45(43)31-37)36-25-22-32(23-26-36)35-24-29-49-46(30-35)44-17-7-8-19-48(44)52-49/h1-31H. The number of furan rings is 1. The van der Waals surface area contributed by atoms with Crippen molar-refractivity contribution in [3.05, 3.63) is 188 Å². The number of rotatable bonds is 4. The van der Waals surface area contributed by atoms with Gasteiger partial charge in [-0.25, -0.2) is 0 Å². The fraction of sp³-hybridized carbons (Fsp3) is 0. The quantitative estimate of drug-likeness (QED) is 0.175. The van der Waals surface area contributed by atoms with Crippen LogP contribution in [0.15, 0.2) is 192 Å². The van der Waals surface area contributed by atoms with Gasteiger partial charge in [-0.1, -0.05) is 140 Å². The molecule has 10 aromatic carbocycles. The average molecular weight is 662 g/mol. The predicted molar refractivity (Wildman–Crippen MR) is 221 cm³/mol.